The van der Waals surface area contributed by atoms with Crippen molar-refractivity contribution in [1.29, 1.82) is 0 Å². The number of piperidine rings is 1. The molecule has 2 heterocycles. The summed E-state index contributed by atoms with van der Waals surface area (Å²) in [7, 11) is 4.69. The number of methoxy groups -OCH3 is 3. The predicted octanol–water partition coefficient (Wildman–Crippen LogP) is 4.92. The van der Waals surface area contributed by atoms with Gasteiger partial charge in [-0.2, -0.15) is 13.2 Å². The maximum Gasteiger partial charge on any atom is 0.416 e. The highest BCUT2D eigenvalue weighted by molar-refractivity contribution is 5.69. The second kappa shape index (κ2) is 11.7. The van der Waals surface area contributed by atoms with E-state index in [1.807, 2.05) is 0 Å². The van der Waals surface area contributed by atoms with E-state index in [4.69, 9.17) is 14.2 Å². The lowest BCUT2D eigenvalue weighted by atomic mass is 9.85. The van der Waals surface area contributed by atoms with Gasteiger partial charge in [-0.3, -0.25) is 14.6 Å². The maximum absolute atomic E-state index is 12.9. The Balaban J connectivity index is 1.47. The number of ether oxygens (including phenoxy) is 3. The molecule has 0 radical (unpaired) electrons. The molecule has 0 bridgehead atoms. The van der Waals surface area contributed by atoms with Gasteiger partial charge in [-0.05, 0) is 72.7 Å². The molecule has 37 heavy (non-hydrogen) atoms. The average Bonchev–Trinajstić information content (AvgIpc) is 2.90. The molecule has 2 aromatic carbocycles. The Hall–Kier alpha value is -2.78. The minimum absolute atomic E-state index is 0.223. The van der Waals surface area contributed by atoms with E-state index < -0.39 is 11.7 Å². The van der Waals surface area contributed by atoms with Crippen LogP contribution in [0, 0.1) is 5.92 Å². The molecule has 4 rings (SSSR count). The minimum atomic E-state index is -4.34. The molecule has 0 spiro atoms. The third-order valence-electron chi connectivity index (χ3n) is 7.63. The zero-order valence-electron chi connectivity index (χ0n) is 21.6. The Morgan fingerprint density at radius 3 is 2.30 bits per heavy atom. The Labute approximate surface area is 216 Å². The lowest BCUT2D eigenvalue weighted by molar-refractivity contribution is -0.141. The molecule has 0 amide bonds. The van der Waals surface area contributed by atoms with Gasteiger partial charge in [0.2, 0.25) is 0 Å². The molecule has 0 N–H and O–H groups in total. The van der Waals surface area contributed by atoms with Crippen molar-refractivity contribution in [2.24, 2.45) is 5.92 Å². The van der Waals surface area contributed by atoms with Crippen LogP contribution in [0.15, 0.2) is 36.4 Å². The molecule has 6 nitrogen and oxygen atoms in total. The normalized spacial score (nSPS) is 20.8. The van der Waals surface area contributed by atoms with Crippen LogP contribution in [0.4, 0.5) is 13.2 Å². The average molecular weight is 521 g/mol. The van der Waals surface area contributed by atoms with E-state index in [0.29, 0.717) is 25.4 Å². The van der Waals surface area contributed by atoms with Crippen molar-refractivity contribution in [3.8, 4) is 11.5 Å². The number of halogens is 3. The fraction of sp³-hybridized carbons (Fsp3) is 0.536. The highest BCUT2D eigenvalue weighted by atomic mass is 19.4. The third-order valence-corrected chi connectivity index (χ3v) is 7.63. The number of hydrogen-bond acceptors (Lipinski definition) is 6. The number of likely N-dealkylation sites (tertiary alicyclic amines) is 1. The molecule has 1 fully saturated rings. The van der Waals surface area contributed by atoms with Crippen molar-refractivity contribution in [2.75, 3.05) is 41.0 Å². The topological polar surface area (TPSA) is 51.2 Å². The molecule has 2 aliphatic heterocycles. The molecule has 0 aliphatic carbocycles. The maximum atomic E-state index is 12.9. The molecule has 9 heteroatoms. The Morgan fingerprint density at radius 2 is 1.68 bits per heavy atom. The van der Waals surface area contributed by atoms with Gasteiger partial charge < -0.3 is 14.2 Å². The van der Waals surface area contributed by atoms with Crippen LogP contribution in [-0.2, 0) is 35.2 Å². The Morgan fingerprint density at radius 1 is 1.00 bits per heavy atom. The first-order valence-electron chi connectivity index (χ1n) is 12.6. The van der Waals surface area contributed by atoms with Crippen LogP contribution in [0.2, 0.25) is 0 Å². The second-order valence-electron chi connectivity index (χ2n) is 9.86. The van der Waals surface area contributed by atoms with Gasteiger partial charge in [0.25, 0.3) is 0 Å². The van der Waals surface area contributed by atoms with E-state index >= 15 is 0 Å². The summed E-state index contributed by atoms with van der Waals surface area (Å²) in [5.41, 5.74) is 2.71. The van der Waals surface area contributed by atoms with Gasteiger partial charge in [0.05, 0.1) is 26.9 Å². The van der Waals surface area contributed by atoms with Crippen LogP contribution >= 0.6 is 0 Å². The van der Waals surface area contributed by atoms with Crippen LogP contribution in [0.3, 0.4) is 0 Å². The van der Waals surface area contributed by atoms with Crippen LogP contribution < -0.4 is 9.47 Å². The van der Waals surface area contributed by atoms with Gasteiger partial charge in [0, 0.05) is 38.6 Å². The molecule has 202 valence electrons. The number of carbonyl (C=O) groups is 1. The van der Waals surface area contributed by atoms with Crippen molar-refractivity contribution >= 4 is 5.97 Å². The van der Waals surface area contributed by atoms with E-state index in [9.17, 15) is 18.0 Å². The molecular formula is C28H35F3N2O4. The Bertz CT molecular complexity index is 1070. The summed E-state index contributed by atoms with van der Waals surface area (Å²) in [5.74, 6) is 1.47. The van der Waals surface area contributed by atoms with Crippen molar-refractivity contribution in [3.05, 3.63) is 58.7 Å². The molecule has 2 aromatic rings. The SMILES string of the molecule is COC(=O)CC[C@H]1CN(Cc2ccc(C(F)(F)F)cc2)CC[C@H]1N1CCc2cc(OC)c(OC)cc2C1. The number of nitrogens with zero attached hydrogens (tertiary/aromatic N) is 2. The standard InChI is InChI=1S/C28H35F3N2O4/c1-35-25-14-20-10-13-33(18-22(20)15-26(25)36-2)24-11-12-32(17-21(24)6-9-27(34)37-3)16-19-4-7-23(8-5-19)28(29,30)31/h4-5,7-8,14-15,21,24H,6,9-13,16-18H2,1-3H3/t21-,24+/m0/s1. The molecule has 0 saturated carbocycles. The van der Waals surface area contributed by atoms with E-state index in [1.54, 1.807) is 26.4 Å². The largest absolute Gasteiger partial charge is 0.493 e. The van der Waals surface area contributed by atoms with E-state index in [2.05, 4.69) is 21.9 Å². The molecule has 1 saturated heterocycles. The first-order valence-corrected chi connectivity index (χ1v) is 12.6. The van der Waals surface area contributed by atoms with Crippen molar-refractivity contribution in [2.45, 2.75) is 51.0 Å². The van der Waals surface area contributed by atoms with Crippen LogP contribution in [0.1, 0.15) is 41.5 Å². The third kappa shape index (κ3) is 6.57. The first-order chi connectivity index (χ1) is 17.7. The summed E-state index contributed by atoms with van der Waals surface area (Å²) in [6.45, 7) is 3.92. The monoisotopic (exact) mass is 520 g/mol. The van der Waals surface area contributed by atoms with Crippen LogP contribution in [0.5, 0.6) is 11.5 Å². The zero-order valence-corrected chi connectivity index (χ0v) is 21.6. The van der Waals surface area contributed by atoms with Gasteiger partial charge >= 0.3 is 12.1 Å². The number of carbonyl (C=O) groups excluding carboxylic acids is 1. The minimum Gasteiger partial charge on any atom is -0.493 e. The van der Waals surface area contributed by atoms with Crippen molar-refractivity contribution < 1.29 is 32.2 Å². The predicted molar refractivity (Wildman–Crippen MR) is 134 cm³/mol. The molecule has 0 unspecified atom stereocenters. The molecule has 0 aromatic heterocycles. The summed E-state index contributed by atoms with van der Waals surface area (Å²) in [5, 5.41) is 0. The summed E-state index contributed by atoms with van der Waals surface area (Å²) >= 11 is 0. The van der Waals surface area contributed by atoms with E-state index in [-0.39, 0.29) is 11.9 Å². The molecule has 2 atom stereocenters. The second-order valence-corrected chi connectivity index (χ2v) is 9.86. The fourth-order valence-corrected chi connectivity index (χ4v) is 5.65. The van der Waals surface area contributed by atoms with Crippen molar-refractivity contribution in [1.82, 2.24) is 9.80 Å². The number of fused-ring (bicyclic) bond motifs is 1. The van der Waals surface area contributed by atoms with E-state index in [0.717, 1.165) is 68.2 Å². The summed E-state index contributed by atoms with van der Waals surface area (Å²) in [6, 6.07) is 9.82. The van der Waals surface area contributed by atoms with Crippen molar-refractivity contribution in [3.63, 3.8) is 0 Å². The zero-order chi connectivity index (χ0) is 26.6. The number of rotatable bonds is 8. The number of esters is 1. The molecular weight excluding hydrogens is 485 g/mol. The summed E-state index contributed by atoms with van der Waals surface area (Å²) in [4.78, 5) is 16.7. The first kappa shape index (κ1) is 27.3. The van der Waals surface area contributed by atoms with E-state index in [1.165, 1.54) is 18.2 Å². The smallest absolute Gasteiger partial charge is 0.416 e. The van der Waals surface area contributed by atoms with Gasteiger partial charge in [-0.25, -0.2) is 0 Å². The lowest BCUT2D eigenvalue weighted by Gasteiger charge is -2.45. The van der Waals surface area contributed by atoms with Gasteiger partial charge in [0.15, 0.2) is 11.5 Å². The Kier molecular flexibility index (Phi) is 8.64. The van der Waals surface area contributed by atoms with Gasteiger partial charge in [0.1, 0.15) is 0 Å². The fourth-order valence-electron chi connectivity index (χ4n) is 5.65. The van der Waals surface area contributed by atoms with Crippen LogP contribution in [0.25, 0.3) is 0 Å². The summed E-state index contributed by atoms with van der Waals surface area (Å²) in [6.07, 6.45) is -1.45. The summed E-state index contributed by atoms with van der Waals surface area (Å²) < 4.78 is 54.7. The number of alkyl halides is 3. The molecule has 2 aliphatic rings. The highest BCUT2D eigenvalue weighted by Crippen LogP contribution is 2.36. The van der Waals surface area contributed by atoms with Crippen LogP contribution in [-0.4, -0.2) is 62.8 Å². The number of benzene rings is 2. The number of hydrogen-bond donors (Lipinski definition) is 0. The van der Waals surface area contributed by atoms with Gasteiger partial charge in [-0.15, -0.1) is 0 Å². The lowest BCUT2D eigenvalue weighted by Crippen LogP contribution is -2.52. The highest BCUT2D eigenvalue weighted by Gasteiger charge is 2.35. The quantitative estimate of drug-likeness (QED) is 0.461. The van der Waals surface area contributed by atoms with Gasteiger partial charge in [-0.1, -0.05) is 12.1 Å².